The van der Waals surface area contributed by atoms with Crippen LogP contribution in [0.25, 0.3) is 0 Å². The summed E-state index contributed by atoms with van der Waals surface area (Å²) in [6, 6.07) is 1.12. The molecule has 0 aliphatic heterocycles. The number of hydrogen-bond donors (Lipinski definition) is 2. The summed E-state index contributed by atoms with van der Waals surface area (Å²) in [6.45, 7) is 1.76. The van der Waals surface area contributed by atoms with E-state index in [1.54, 1.807) is 0 Å². The zero-order valence-corrected chi connectivity index (χ0v) is 8.69. The van der Waals surface area contributed by atoms with Gasteiger partial charge < -0.3 is 19.7 Å². The third-order valence-electron chi connectivity index (χ3n) is 1.97. The highest BCUT2D eigenvalue weighted by atomic mass is 16.5. The first-order chi connectivity index (χ1) is 7.21. The van der Waals surface area contributed by atoms with E-state index in [0.717, 1.165) is 0 Å². The van der Waals surface area contributed by atoms with Crippen LogP contribution in [0.2, 0.25) is 0 Å². The van der Waals surface area contributed by atoms with E-state index in [1.807, 2.05) is 6.92 Å². The molecule has 0 aromatic carbocycles. The van der Waals surface area contributed by atoms with Gasteiger partial charge in [-0.2, -0.15) is 0 Å². The van der Waals surface area contributed by atoms with E-state index in [0.29, 0.717) is 6.42 Å². The van der Waals surface area contributed by atoms with Crippen molar-refractivity contribution >= 4 is 5.91 Å². The van der Waals surface area contributed by atoms with Gasteiger partial charge in [0, 0.05) is 0 Å². The summed E-state index contributed by atoms with van der Waals surface area (Å²) >= 11 is 0. The van der Waals surface area contributed by atoms with Crippen LogP contribution in [0.5, 0.6) is 5.88 Å². The maximum absolute atomic E-state index is 11.5. The predicted octanol–water partition coefficient (Wildman–Crippen LogP) is 0.184. The lowest BCUT2D eigenvalue weighted by molar-refractivity contribution is 0.0877. The predicted molar refractivity (Wildman–Crippen MR) is 51.7 cm³/mol. The Bertz CT molecular complexity index is 320. The zero-order valence-electron chi connectivity index (χ0n) is 8.69. The standard InChI is InChI=1S/C9H14N2O4/c1-3-6(5-12)10-9(13)7-4-8(14-2)11-15-7/h4,6,12H,3,5H2,1-2H3,(H,10,13). The number of hydrogen-bond acceptors (Lipinski definition) is 5. The van der Waals surface area contributed by atoms with Crippen molar-refractivity contribution in [3.8, 4) is 5.88 Å². The van der Waals surface area contributed by atoms with Gasteiger partial charge in [-0.3, -0.25) is 4.79 Å². The molecule has 15 heavy (non-hydrogen) atoms. The molecule has 0 spiro atoms. The highest BCUT2D eigenvalue weighted by Gasteiger charge is 2.16. The van der Waals surface area contributed by atoms with Crippen LogP contribution in [0.1, 0.15) is 23.9 Å². The van der Waals surface area contributed by atoms with Gasteiger partial charge in [-0.25, -0.2) is 0 Å². The molecule has 1 atom stereocenters. The zero-order chi connectivity index (χ0) is 11.3. The van der Waals surface area contributed by atoms with Crippen molar-refractivity contribution in [3.05, 3.63) is 11.8 Å². The molecule has 1 aromatic heterocycles. The smallest absolute Gasteiger partial charge is 0.290 e. The topological polar surface area (TPSA) is 84.6 Å². The van der Waals surface area contributed by atoms with Crippen LogP contribution < -0.4 is 10.1 Å². The lowest BCUT2D eigenvalue weighted by Crippen LogP contribution is -2.36. The van der Waals surface area contributed by atoms with Gasteiger partial charge in [0.15, 0.2) is 0 Å². The molecule has 1 unspecified atom stereocenters. The van der Waals surface area contributed by atoms with Gasteiger partial charge in [-0.1, -0.05) is 6.92 Å². The highest BCUT2D eigenvalue weighted by Crippen LogP contribution is 2.10. The molecule has 1 heterocycles. The Hall–Kier alpha value is -1.56. The van der Waals surface area contributed by atoms with Gasteiger partial charge in [-0.05, 0) is 11.6 Å². The van der Waals surface area contributed by atoms with Gasteiger partial charge in [0.25, 0.3) is 11.8 Å². The molecule has 1 rings (SSSR count). The first-order valence-electron chi connectivity index (χ1n) is 4.63. The molecule has 0 fully saturated rings. The molecule has 6 heteroatoms. The van der Waals surface area contributed by atoms with E-state index >= 15 is 0 Å². The Morgan fingerprint density at radius 2 is 2.53 bits per heavy atom. The molecule has 0 saturated carbocycles. The van der Waals surface area contributed by atoms with Crippen LogP contribution >= 0.6 is 0 Å². The number of nitrogens with zero attached hydrogens (tertiary/aromatic N) is 1. The lowest BCUT2D eigenvalue weighted by atomic mass is 10.2. The van der Waals surface area contributed by atoms with Crippen molar-refractivity contribution < 1.29 is 19.2 Å². The van der Waals surface area contributed by atoms with Crippen LogP contribution in [-0.4, -0.2) is 35.9 Å². The minimum absolute atomic E-state index is 0.0683. The molecule has 0 bridgehead atoms. The van der Waals surface area contributed by atoms with E-state index in [-0.39, 0.29) is 24.3 Å². The van der Waals surface area contributed by atoms with Crippen LogP contribution in [0.15, 0.2) is 10.6 Å². The summed E-state index contributed by atoms with van der Waals surface area (Å²) in [5.74, 6) is -0.0948. The molecule has 1 amide bonds. The largest absolute Gasteiger partial charge is 0.479 e. The number of rotatable bonds is 5. The summed E-state index contributed by atoms with van der Waals surface area (Å²) in [5.41, 5.74) is 0. The van der Waals surface area contributed by atoms with Crippen molar-refractivity contribution in [1.29, 1.82) is 0 Å². The number of aromatic nitrogens is 1. The third kappa shape index (κ3) is 2.95. The van der Waals surface area contributed by atoms with Gasteiger partial charge in [-0.15, -0.1) is 0 Å². The molecule has 0 aliphatic rings. The van der Waals surface area contributed by atoms with Crippen LogP contribution in [-0.2, 0) is 0 Å². The number of methoxy groups -OCH3 is 1. The average Bonchev–Trinajstić information content (AvgIpc) is 2.74. The Morgan fingerprint density at radius 1 is 1.80 bits per heavy atom. The summed E-state index contributed by atoms with van der Waals surface area (Å²) in [4.78, 5) is 11.5. The Kier molecular flexibility index (Phi) is 4.11. The minimum Gasteiger partial charge on any atom is -0.479 e. The van der Waals surface area contributed by atoms with Crippen molar-refractivity contribution in [3.63, 3.8) is 0 Å². The maximum atomic E-state index is 11.5. The molecule has 0 saturated heterocycles. The number of ether oxygens (including phenoxy) is 1. The fourth-order valence-electron chi connectivity index (χ4n) is 0.996. The Balaban J connectivity index is 2.60. The second-order valence-corrected chi connectivity index (χ2v) is 2.99. The summed E-state index contributed by atoms with van der Waals surface area (Å²) < 4.78 is 9.51. The Labute approximate surface area is 87.2 Å². The monoisotopic (exact) mass is 214 g/mol. The molecular formula is C9H14N2O4. The lowest BCUT2D eigenvalue weighted by Gasteiger charge is -2.11. The molecule has 0 radical (unpaired) electrons. The molecule has 0 aliphatic carbocycles. The van der Waals surface area contributed by atoms with E-state index in [1.165, 1.54) is 13.2 Å². The van der Waals surface area contributed by atoms with E-state index in [2.05, 4.69) is 10.5 Å². The fourth-order valence-corrected chi connectivity index (χ4v) is 0.996. The average molecular weight is 214 g/mol. The van der Waals surface area contributed by atoms with Crippen LogP contribution in [0.4, 0.5) is 0 Å². The van der Waals surface area contributed by atoms with Gasteiger partial charge in [0.2, 0.25) is 5.76 Å². The molecule has 2 N–H and O–H groups in total. The van der Waals surface area contributed by atoms with E-state index in [9.17, 15) is 4.79 Å². The minimum atomic E-state index is -0.410. The number of aliphatic hydroxyl groups excluding tert-OH is 1. The molecular weight excluding hydrogens is 200 g/mol. The van der Waals surface area contributed by atoms with Crippen molar-refractivity contribution in [2.75, 3.05) is 13.7 Å². The number of aliphatic hydroxyl groups is 1. The summed E-state index contributed by atoms with van der Waals surface area (Å²) in [7, 11) is 1.43. The summed E-state index contributed by atoms with van der Waals surface area (Å²) in [6.07, 6.45) is 0.646. The van der Waals surface area contributed by atoms with Crippen molar-refractivity contribution in [1.82, 2.24) is 10.5 Å². The molecule has 6 nitrogen and oxygen atoms in total. The second kappa shape index (κ2) is 5.35. The van der Waals surface area contributed by atoms with E-state index < -0.39 is 5.91 Å². The normalized spacial score (nSPS) is 12.2. The van der Waals surface area contributed by atoms with Crippen molar-refractivity contribution in [2.24, 2.45) is 0 Å². The third-order valence-corrected chi connectivity index (χ3v) is 1.97. The second-order valence-electron chi connectivity index (χ2n) is 2.99. The first kappa shape index (κ1) is 11.5. The van der Waals surface area contributed by atoms with E-state index in [4.69, 9.17) is 14.4 Å². The van der Waals surface area contributed by atoms with Crippen LogP contribution in [0.3, 0.4) is 0 Å². The number of carbonyl (C=O) groups excluding carboxylic acids is 1. The van der Waals surface area contributed by atoms with Gasteiger partial charge >= 0.3 is 0 Å². The molecule has 1 aromatic rings. The van der Waals surface area contributed by atoms with Gasteiger partial charge in [0.1, 0.15) is 0 Å². The van der Waals surface area contributed by atoms with Crippen LogP contribution in [0, 0.1) is 0 Å². The van der Waals surface area contributed by atoms with Gasteiger partial charge in [0.05, 0.1) is 25.8 Å². The summed E-state index contributed by atoms with van der Waals surface area (Å²) in [5, 5.41) is 15.0. The number of nitrogens with one attached hydrogen (secondary N) is 1. The SMILES string of the molecule is CCC(CO)NC(=O)c1cc(OC)no1. The maximum Gasteiger partial charge on any atom is 0.290 e. The van der Waals surface area contributed by atoms with Crippen molar-refractivity contribution in [2.45, 2.75) is 19.4 Å². The molecule has 84 valence electrons. The highest BCUT2D eigenvalue weighted by molar-refractivity contribution is 5.91. The first-order valence-corrected chi connectivity index (χ1v) is 4.63. The number of amides is 1. The number of carbonyl (C=O) groups is 1. The fraction of sp³-hybridized carbons (Fsp3) is 0.556. The quantitative estimate of drug-likeness (QED) is 0.730. The Morgan fingerprint density at radius 3 is 3.00 bits per heavy atom.